The van der Waals surface area contributed by atoms with E-state index in [0.29, 0.717) is 0 Å². The van der Waals surface area contributed by atoms with Crippen LogP contribution >= 0.6 is 0 Å². The number of aryl methyl sites for hydroxylation is 1. The first-order valence-corrected chi connectivity index (χ1v) is 12.0. The van der Waals surface area contributed by atoms with Crippen LogP contribution in [0, 0.1) is 0 Å². The Balaban J connectivity index is 1.42. The third-order valence-electron chi connectivity index (χ3n) is 7.55. The predicted octanol–water partition coefficient (Wildman–Crippen LogP) is 7.57. The zero-order chi connectivity index (χ0) is 21.9. The van der Waals surface area contributed by atoms with E-state index in [1.807, 2.05) is 0 Å². The lowest BCUT2D eigenvalue weighted by atomic mass is 9.90. The van der Waals surface area contributed by atoms with Gasteiger partial charge >= 0.3 is 0 Å². The number of benzene rings is 3. The van der Waals surface area contributed by atoms with Gasteiger partial charge in [0.05, 0.1) is 5.52 Å². The maximum Gasteiger partial charge on any atom is 0.0538 e. The van der Waals surface area contributed by atoms with Crippen molar-refractivity contribution in [3.05, 3.63) is 107 Å². The number of fused-ring (bicyclic) bond motifs is 6. The molecular formula is C31H26N2. The highest BCUT2D eigenvalue weighted by molar-refractivity contribution is 6.00. The van der Waals surface area contributed by atoms with Crippen LogP contribution in [-0.4, -0.2) is 9.13 Å². The first kappa shape index (κ1) is 18.8. The molecule has 2 aliphatic carbocycles. The van der Waals surface area contributed by atoms with Gasteiger partial charge in [0.15, 0.2) is 0 Å². The van der Waals surface area contributed by atoms with Crippen LogP contribution in [0.4, 0.5) is 0 Å². The van der Waals surface area contributed by atoms with E-state index in [1.165, 1.54) is 61.1 Å². The molecule has 0 bridgehead atoms. The fourth-order valence-corrected chi connectivity index (χ4v) is 5.96. The van der Waals surface area contributed by atoms with E-state index in [2.05, 4.69) is 107 Å². The van der Waals surface area contributed by atoms with Crippen LogP contribution < -0.4 is 0 Å². The second-order valence-electron chi connectivity index (χ2n) is 9.31. The number of nitrogens with zero attached hydrogens (tertiary/aromatic N) is 2. The molecule has 0 fully saturated rings. The summed E-state index contributed by atoms with van der Waals surface area (Å²) in [4.78, 5) is 0. The molecule has 160 valence electrons. The van der Waals surface area contributed by atoms with Crippen molar-refractivity contribution in [3.8, 4) is 5.69 Å². The lowest BCUT2D eigenvalue weighted by molar-refractivity contribution is 0.830. The van der Waals surface area contributed by atoms with Crippen molar-refractivity contribution in [2.45, 2.75) is 25.7 Å². The summed E-state index contributed by atoms with van der Waals surface area (Å²) < 4.78 is 4.85. The van der Waals surface area contributed by atoms with E-state index >= 15 is 0 Å². The monoisotopic (exact) mass is 426 g/mol. The van der Waals surface area contributed by atoms with Crippen molar-refractivity contribution < 1.29 is 0 Å². The van der Waals surface area contributed by atoms with Gasteiger partial charge in [-0.3, -0.25) is 0 Å². The number of para-hydroxylation sites is 2. The quantitative estimate of drug-likeness (QED) is 0.275. The molecule has 2 aromatic heterocycles. The zero-order valence-corrected chi connectivity index (χ0v) is 18.9. The van der Waals surface area contributed by atoms with Crippen LogP contribution in [0.3, 0.4) is 0 Å². The third kappa shape index (κ3) is 2.74. The smallest absolute Gasteiger partial charge is 0.0538 e. The van der Waals surface area contributed by atoms with E-state index in [-0.39, 0.29) is 0 Å². The molecule has 3 aromatic carbocycles. The first-order valence-electron chi connectivity index (χ1n) is 12.0. The van der Waals surface area contributed by atoms with E-state index in [9.17, 15) is 0 Å². The highest BCUT2D eigenvalue weighted by Crippen LogP contribution is 2.39. The largest absolute Gasteiger partial charge is 0.347 e. The second-order valence-corrected chi connectivity index (χ2v) is 9.31. The minimum atomic E-state index is 1.08. The van der Waals surface area contributed by atoms with Crippen molar-refractivity contribution in [3.63, 3.8) is 0 Å². The van der Waals surface area contributed by atoms with Crippen LogP contribution in [0.25, 0.3) is 45.2 Å². The summed E-state index contributed by atoms with van der Waals surface area (Å²) in [6.45, 7) is 0. The van der Waals surface area contributed by atoms with E-state index in [4.69, 9.17) is 0 Å². The molecule has 2 nitrogen and oxygen atoms in total. The second kappa shape index (κ2) is 7.11. The Bertz CT molecular complexity index is 1610. The normalized spacial score (nSPS) is 15.0. The summed E-state index contributed by atoms with van der Waals surface area (Å²) in [6, 6.07) is 26.7. The van der Waals surface area contributed by atoms with E-state index in [0.717, 1.165) is 25.7 Å². The van der Waals surface area contributed by atoms with Gasteiger partial charge in [0.2, 0.25) is 0 Å². The fourth-order valence-electron chi connectivity index (χ4n) is 5.96. The Kier molecular flexibility index (Phi) is 4.04. The summed E-state index contributed by atoms with van der Waals surface area (Å²) >= 11 is 0. The zero-order valence-electron chi connectivity index (χ0n) is 18.9. The van der Waals surface area contributed by atoms with E-state index in [1.54, 1.807) is 0 Å². The number of aromatic nitrogens is 2. The summed E-state index contributed by atoms with van der Waals surface area (Å²) in [5, 5.41) is 2.73. The molecule has 0 aliphatic heterocycles. The molecule has 0 N–H and O–H groups in total. The molecule has 5 aromatic rings. The minimum absolute atomic E-state index is 1.08. The Morgan fingerprint density at radius 1 is 0.697 bits per heavy atom. The molecule has 2 heteroatoms. The minimum Gasteiger partial charge on any atom is -0.347 e. The highest BCUT2D eigenvalue weighted by Gasteiger charge is 2.22. The summed E-state index contributed by atoms with van der Waals surface area (Å²) in [5.74, 6) is 0. The van der Waals surface area contributed by atoms with Gasteiger partial charge in [-0.1, -0.05) is 54.6 Å². The SMILES string of the molecule is Cn1c2c(c3ccccc31)C=C(c1ccc3c(c1)c1c(n3-c3ccccc3)CCC=C1)CC2. The van der Waals surface area contributed by atoms with Crippen LogP contribution in [-0.2, 0) is 19.9 Å². The topological polar surface area (TPSA) is 9.86 Å². The van der Waals surface area contributed by atoms with Gasteiger partial charge in [0.1, 0.15) is 0 Å². The number of rotatable bonds is 2. The Morgan fingerprint density at radius 2 is 1.55 bits per heavy atom. The lowest BCUT2D eigenvalue weighted by Gasteiger charge is -2.16. The highest BCUT2D eigenvalue weighted by atomic mass is 15.0. The summed E-state index contributed by atoms with van der Waals surface area (Å²) in [7, 11) is 2.21. The van der Waals surface area contributed by atoms with Crippen LogP contribution in [0.5, 0.6) is 0 Å². The number of hydrogen-bond acceptors (Lipinski definition) is 0. The average molecular weight is 427 g/mol. The summed E-state index contributed by atoms with van der Waals surface area (Å²) in [5.41, 5.74) is 12.4. The molecule has 0 saturated heterocycles. The fraction of sp³-hybridized carbons (Fsp3) is 0.161. The standard InChI is InChI=1S/C31H26N2/c1-32-28-13-7-5-11-24(28)26-19-21(15-17-29(26)32)22-16-18-31-27(20-22)25-12-6-8-14-30(25)33(31)23-9-3-2-4-10-23/h2-7,9-13,16,18-20H,8,14-15,17H2,1H3. The van der Waals surface area contributed by atoms with Gasteiger partial charge < -0.3 is 9.13 Å². The van der Waals surface area contributed by atoms with Crippen molar-refractivity contribution >= 4 is 39.5 Å². The lowest BCUT2D eigenvalue weighted by Crippen LogP contribution is -2.03. The predicted molar refractivity (Wildman–Crippen MR) is 140 cm³/mol. The molecule has 7 rings (SSSR count). The molecule has 0 spiro atoms. The van der Waals surface area contributed by atoms with Gasteiger partial charge in [0, 0.05) is 51.5 Å². The van der Waals surface area contributed by atoms with Crippen LogP contribution in [0.2, 0.25) is 0 Å². The molecule has 2 heterocycles. The van der Waals surface area contributed by atoms with E-state index < -0.39 is 0 Å². The number of allylic oxidation sites excluding steroid dienone is 2. The van der Waals surface area contributed by atoms with Crippen molar-refractivity contribution in [2.24, 2.45) is 7.05 Å². The van der Waals surface area contributed by atoms with Gasteiger partial charge in [-0.2, -0.15) is 0 Å². The number of hydrogen-bond donors (Lipinski definition) is 0. The van der Waals surface area contributed by atoms with Crippen LogP contribution in [0.1, 0.15) is 40.9 Å². The van der Waals surface area contributed by atoms with Gasteiger partial charge in [0.25, 0.3) is 0 Å². The van der Waals surface area contributed by atoms with Crippen molar-refractivity contribution in [1.29, 1.82) is 0 Å². The average Bonchev–Trinajstić information content (AvgIpc) is 3.36. The maximum atomic E-state index is 2.47. The molecule has 0 radical (unpaired) electrons. The van der Waals surface area contributed by atoms with Gasteiger partial charge in [-0.05, 0) is 73.2 Å². The summed E-state index contributed by atoms with van der Waals surface area (Å²) in [6.07, 6.45) is 11.5. The Hall–Kier alpha value is -3.78. The van der Waals surface area contributed by atoms with Crippen molar-refractivity contribution in [2.75, 3.05) is 0 Å². The van der Waals surface area contributed by atoms with Gasteiger partial charge in [-0.15, -0.1) is 0 Å². The molecule has 0 atom stereocenters. The maximum absolute atomic E-state index is 2.47. The molecular weight excluding hydrogens is 400 g/mol. The van der Waals surface area contributed by atoms with Crippen molar-refractivity contribution in [1.82, 2.24) is 9.13 Å². The first-order chi connectivity index (χ1) is 16.3. The van der Waals surface area contributed by atoms with Gasteiger partial charge in [-0.25, -0.2) is 0 Å². The molecule has 0 amide bonds. The Labute approximate surface area is 194 Å². The third-order valence-corrected chi connectivity index (χ3v) is 7.55. The molecule has 33 heavy (non-hydrogen) atoms. The molecule has 2 aliphatic rings. The molecule has 0 unspecified atom stereocenters. The Morgan fingerprint density at radius 3 is 2.45 bits per heavy atom. The van der Waals surface area contributed by atoms with Crippen LogP contribution in [0.15, 0.2) is 78.9 Å². The molecule has 0 saturated carbocycles.